The Balaban J connectivity index is 2.83. The zero-order valence-electron chi connectivity index (χ0n) is 20.9. The molecule has 16 heteroatoms. The SMILES string of the molecule is CSCC[C@H](NC(=O)C1CCCN1C(=O)[C@H](CO)NC(=O)[C@H](C)N)C(=O)NCC(=O)NC(CO)C(N)=O. The summed E-state index contributed by atoms with van der Waals surface area (Å²) in [7, 11) is 0. The molecule has 1 saturated heterocycles. The number of rotatable bonds is 15. The van der Waals surface area contributed by atoms with E-state index in [1.807, 2.05) is 6.26 Å². The smallest absolute Gasteiger partial charge is 0.248 e. The van der Waals surface area contributed by atoms with E-state index in [-0.39, 0.29) is 13.0 Å². The van der Waals surface area contributed by atoms with Crippen molar-refractivity contribution in [1.82, 2.24) is 26.2 Å². The highest BCUT2D eigenvalue weighted by molar-refractivity contribution is 7.98. The van der Waals surface area contributed by atoms with Crippen molar-refractivity contribution in [2.45, 2.75) is 56.4 Å². The van der Waals surface area contributed by atoms with Gasteiger partial charge in [0.1, 0.15) is 24.2 Å². The summed E-state index contributed by atoms with van der Waals surface area (Å²) in [6.45, 7) is -0.276. The molecule has 6 amide bonds. The fourth-order valence-corrected chi connectivity index (χ4v) is 3.98. The maximum Gasteiger partial charge on any atom is 0.248 e. The van der Waals surface area contributed by atoms with Gasteiger partial charge in [-0.1, -0.05) is 0 Å². The van der Waals surface area contributed by atoms with Crippen molar-refractivity contribution in [3.63, 3.8) is 0 Å². The van der Waals surface area contributed by atoms with Crippen molar-refractivity contribution >= 4 is 47.2 Å². The van der Waals surface area contributed by atoms with Crippen LogP contribution in [0.2, 0.25) is 0 Å². The Morgan fingerprint density at radius 1 is 1.00 bits per heavy atom. The van der Waals surface area contributed by atoms with E-state index in [0.717, 1.165) is 0 Å². The van der Waals surface area contributed by atoms with Gasteiger partial charge in [-0.25, -0.2) is 0 Å². The van der Waals surface area contributed by atoms with Gasteiger partial charge in [-0.15, -0.1) is 0 Å². The lowest BCUT2D eigenvalue weighted by atomic mass is 10.1. The number of nitrogens with one attached hydrogen (secondary N) is 4. The molecule has 1 aliphatic heterocycles. The number of hydrogen-bond acceptors (Lipinski definition) is 10. The second kappa shape index (κ2) is 16.0. The van der Waals surface area contributed by atoms with E-state index >= 15 is 0 Å². The topological polar surface area (TPSA) is 246 Å². The molecule has 37 heavy (non-hydrogen) atoms. The maximum atomic E-state index is 13.1. The number of thioether (sulfide) groups is 1. The van der Waals surface area contributed by atoms with E-state index in [1.54, 1.807) is 0 Å². The molecule has 1 aliphatic rings. The van der Waals surface area contributed by atoms with Crippen LogP contribution >= 0.6 is 11.8 Å². The van der Waals surface area contributed by atoms with Crippen LogP contribution in [0.3, 0.4) is 0 Å². The minimum Gasteiger partial charge on any atom is -0.394 e. The number of nitrogens with zero attached hydrogens (tertiary/aromatic N) is 1. The number of primary amides is 1. The Hall–Kier alpha value is -2.95. The Morgan fingerprint density at radius 3 is 2.19 bits per heavy atom. The number of carbonyl (C=O) groups excluding carboxylic acids is 6. The minimum atomic E-state index is -1.30. The summed E-state index contributed by atoms with van der Waals surface area (Å²) in [6.07, 6.45) is 2.85. The number of aliphatic hydroxyl groups excluding tert-OH is 2. The van der Waals surface area contributed by atoms with E-state index in [9.17, 15) is 33.9 Å². The number of nitrogens with two attached hydrogens (primary N) is 2. The molecule has 0 aromatic carbocycles. The highest BCUT2D eigenvalue weighted by atomic mass is 32.2. The molecule has 0 saturated carbocycles. The third-order valence-corrected chi connectivity index (χ3v) is 6.22. The van der Waals surface area contributed by atoms with Crippen LogP contribution in [-0.4, -0.2) is 119 Å². The molecule has 15 nitrogen and oxygen atoms in total. The van der Waals surface area contributed by atoms with Gasteiger partial charge >= 0.3 is 0 Å². The quantitative estimate of drug-likeness (QED) is 0.0970. The number of aliphatic hydroxyl groups is 2. The highest BCUT2D eigenvalue weighted by Gasteiger charge is 2.38. The fraction of sp³-hybridized carbons (Fsp3) is 0.714. The largest absolute Gasteiger partial charge is 0.394 e. The zero-order chi connectivity index (χ0) is 28.1. The number of amides is 6. The summed E-state index contributed by atoms with van der Waals surface area (Å²) < 4.78 is 0. The summed E-state index contributed by atoms with van der Waals surface area (Å²) in [5, 5.41) is 28.2. The number of likely N-dealkylation sites (tertiary alicyclic amines) is 1. The molecular weight excluding hydrogens is 510 g/mol. The number of hydrogen-bond donors (Lipinski definition) is 8. The summed E-state index contributed by atoms with van der Waals surface area (Å²) in [5.74, 6) is -3.75. The summed E-state index contributed by atoms with van der Waals surface area (Å²) in [5.41, 5.74) is 10.5. The average Bonchev–Trinajstić information content (AvgIpc) is 3.36. The fourth-order valence-electron chi connectivity index (χ4n) is 3.51. The van der Waals surface area contributed by atoms with Gasteiger partial charge in [-0.2, -0.15) is 11.8 Å². The maximum absolute atomic E-state index is 13.1. The molecule has 0 aromatic heterocycles. The lowest BCUT2D eigenvalue weighted by Gasteiger charge is -2.29. The standard InChI is InChI=1S/C21H37N7O8S/c1-11(22)18(33)27-14(10-30)21(36)28-6-3-4-15(28)20(35)26-12(5-7-37-2)19(34)24-8-16(31)25-13(9-29)17(23)32/h11-15,29-30H,3-10,22H2,1-2H3,(H2,23,32)(H,24,34)(H,25,31)(H,26,35)(H,27,33)/t11-,12-,13?,14-,15?/m0/s1. The second-order valence-electron chi connectivity index (χ2n) is 8.49. The minimum absolute atomic E-state index is 0.217. The molecule has 1 rings (SSSR count). The molecule has 10 N–H and O–H groups in total. The predicted octanol–water partition coefficient (Wildman–Crippen LogP) is -4.88. The van der Waals surface area contributed by atoms with E-state index in [4.69, 9.17) is 16.6 Å². The molecule has 0 spiro atoms. The second-order valence-corrected chi connectivity index (χ2v) is 9.47. The van der Waals surface area contributed by atoms with Gasteiger partial charge in [0, 0.05) is 6.54 Å². The van der Waals surface area contributed by atoms with Crippen LogP contribution in [0.4, 0.5) is 0 Å². The van der Waals surface area contributed by atoms with Crippen LogP contribution in [0.5, 0.6) is 0 Å². The average molecular weight is 548 g/mol. The first-order chi connectivity index (χ1) is 17.5. The lowest BCUT2D eigenvalue weighted by molar-refractivity contribution is -0.143. The number of carbonyl (C=O) groups is 6. The lowest BCUT2D eigenvalue weighted by Crippen LogP contribution is -2.58. The summed E-state index contributed by atoms with van der Waals surface area (Å²) in [6, 6.07) is -5.43. The molecule has 210 valence electrons. The van der Waals surface area contributed by atoms with Crippen LogP contribution in [0.1, 0.15) is 26.2 Å². The van der Waals surface area contributed by atoms with Crippen LogP contribution in [-0.2, 0) is 28.8 Å². The van der Waals surface area contributed by atoms with Crippen LogP contribution in [0.25, 0.3) is 0 Å². The Morgan fingerprint density at radius 2 is 1.65 bits per heavy atom. The Labute approximate surface area is 218 Å². The molecule has 0 radical (unpaired) electrons. The van der Waals surface area contributed by atoms with Crippen molar-refractivity contribution in [2.24, 2.45) is 11.5 Å². The van der Waals surface area contributed by atoms with Crippen LogP contribution in [0, 0.1) is 0 Å². The van der Waals surface area contributed by atoms with Crippen LogP contribution < -0.4 is 32.7 Å². The summed E-state index contributed by atoms with van der Waals surface area (Å²) >= 11 is 1.43. The van der Waals surface area contributed by atoms with Gasteiger partial charge in [0.2, 0.25) is 35.4 Å². The van der Waals surface area contributed by atoms with Gasteiger partial charge in [-0.3, -0.25) is 28.8 Å². The predicted molar refractivity (Wildman–Crippen MR) is 134 cm³/mol. The van der Waals surface area contributed by atoms with Crippen molar-refractivity contribution < 1.29 is 39.0 Å². The third kappa shape index (κ3) is 10.1. The van der Waals surface area contributed by atoms with Gasteiger partial charge in [0.05, 0.1) is 25.8 Å². The van der Waals surface area contributed by atoms with E-state index in [0.29, 0.717) is 18.6 Å². The van der Waals surface area contributed by atoms with Gasteiger partial charge in [-0.05, 0) is 38.2 Å². The van der Waals surface area contributed by atoms with Gasteiger partial charge in [0.15, 0.2) is 0 Å². The first kappa shape index (κ1) is 32.1. The summed E-state index contributed by atoms with van der Waals surface area (Å²) in [4.78, 5) is 74.9. The van der Waals surface area contributed by atoms with Crippen LogP contribution in [0.15, 0.2) is 0 Å². The van der Waals surface area contributed by atoms with E-state index in [1.165, 1.54) is 23.6 Å². The van der Waals surface area contributed by atoms with Crippen molar-refractivity contribution in [2.75, 3.05) is 38.3 Å². The Bertz CT molecular complexity index is 844. The van der Waals surface area contributed by atoms with E-state index in [2.05, 4.69) is 21.3 Å². The zero-order valence-corrected chi connectivity index (χ0v) is 21.7. The third-order valence-electron chi connectivity index (χ3n) is 5.58. The van der Waals surface area contributed by atoms with Gasteiger partial charge < -0.3 is 47.8 Å². The molecule has 5 atom stereocenters. The first-order valence-electron chi connectivity index (χ1n) is 11.7. The van der Waals surface area contributed by atoms with Crippen molar-refractivity contribution in [3.05, 3.63) is 0 Å². The molecular formula is C21H37N7O8S. The molecule has 0 aromatic rings. The van der Waals surface area contributed by atoms with Crippen molar-refractivity contribution in [1.29, 1.82) is 0 Å². The molecule has 1 fully saturated rings. The molecule has 1 heterocycles. The van der Waals surface area contributed by atoms with E-state index < -0.39 is 85.4 Å². The first-order valence-corrected chi connectivity index (χ1v) is 13.1. The normalized spacial score (nSPS) is 18.2. The monoisotopic (exact) mass is 547 g/mol. The highest BCUT2D eigenvalue weighted by Crippen LogP contribution is 2.19. The molecule has 0 bridgehead atoms. The van der Waals surface area contributed by atoms with Crippen molar-refractivity contribution in [3.8, 4) is 0 Å². The molecule has 0 aliphatic carbocycles. The van der Waals surface area contributed by atoms with Gasteiger partial charge in [0.25, 0.3) is 0 Å². The Kier molecular flexibility index (Phi) is 13.9. The molecule has 2 unspecified atom stereocenters.